The number of hydrogen-bond acceptors (Lipinski definition) is 5. The second kappa shape index (κ2) is 8.63. The Balaban J connectivity index is 1.43. The predicted molar refractivity (Wildman–Crippen MR) is 116 cm³/mol. The van der Waals surface area contributed by atoms with E-state index in [9.17, 15) is 19.5 Å². The van der Waals surface area contributed by atoms with Crippen molar-refractivity contribution in [2.75, 3.05) is 27.4 Å². The van der Waals surface area contributed by atoms with E-state index in [0.29, 0.717) is 12.8 Å². The normalized spacial score (nSPS) is 16.4. The number of amides is 2. The quantitative estimate of drug-likeness (QED) is 0.657. The van der Waals surface area contributed by atoms with Gasteiger partial charge in [-0.15, -0.1) is 0 Å². The fourth-order valence-electron chi connectivity index (χ4n) is 4.38. The van der Waals surface area contributed by atoms with Crippen LogP contribution < -0.4 is 5.32 Å². The fourth-order valence-corrected chi connectivity index (χ4v) is 4.38. The summed E-state index contributed by atoms with van der Waals surface area (Å²) in [4.78, 5) is 38.1. The van der Waals surface area contributed by atoms with Gasteiger partial charge in [-0.3, -0.25) is 4.79 Å². The Kier molecular flexibility index (Phi) is 5.88. The first kappa shape index (κ1) is 21.8. The van der Waals surface area contributed by atoms with Crippen LogP contribution in [0.3, 0.4) is 0 Å². The molecule has 1 atom stereocenters. The van der Waals surface area contributed by atoms with Gasteiger partial charge in [-0.05, 0) is 35.1 Å². The molecule has 2 N–H and O–H groups in total. The summed E-state index contributed by atoms with van der Waals surface area (Å²) in [5.74, 6) is -1.68. The summed E-state index contributed by atoms with van der Waals surface area (Å²) in [7, 11) is 2.84. The third-order valence-corrected chi connectivity index (χ3v) is 6.36. The first-order valence-electron chi connectivity index (χ1n) is 10.5. The van der Waals surface area contributed by atoms with E-state index in [0.717, 1.165) is 22.3 Å². The number of carbonyl (C=O) groups is 3. The molecule has 0 spiro atoms. The Labute approximate surface area is 186 Å². The Hall–Kier alpha value is -3.39. The van der Waals surface area contributed by atoms with Gasteiger partial charge in [0.1, 0.15) is 18.2 Å². The molecule has 2 aromatic carbocycles. The van der Waals surface area contributed by atoms with E-state index in [1.54, 1.807) is 0 Å². The zero-order chi connectivity index (χ0) is 22.9. The number of methoxy groups -OCH3 is 1. The van der Waals surface area contributed by atoms with E-state index in [1.807, 2.05) is 48.5 Å². The summed E-state index contributed by atoms with van der Waals surface area (Å²) in [6, 6.07) is 15.0. The zero-order valence-electron chi connectivity index (χ0n) is 18.0. The van der Waals surface area contributed by atoms with Gasteiger partial charge in [-0.2, -0.15) is 0 Å². The molecule has 0 radical (unpaired) electrons. The van der Waals surface area contributed by atoms with Crippen molar-refractivity contribution >= 4 is 18.0 Å². The molecule has 2 aliphatic carbocycles. The van der Waals surface area contributed by atoms with Crippen LogP contribution in [0.15, 0.2) is 48.5 Å². The van der Waals surface area contributed by atoms with Crippen molar-refractivity contribution < 1.29 is 29.0 Å². The second-order valence-electron chi connectivity index (χ2n) is 8.21. The maximum atomic E-state index is 12.9. The molecule has 32 heavy (non-hydrogen) atoms. The molecule has 0 aromatic heterocycles. The third-order valence-electron chi connectivity index (χ3n) is 6.36. The highest BCUT2D eigenvalue weighted by molar-refractivity contribution is 5.93. The summed E-state index contributed by atoms with van der Waals surface area (Å²) >= 11 is 0. The molecule has 4 rings (SSSR count). The first-order chi connectivity index (χ1) is 15.4. The SMILES string of the molecule is COC[C@H](NC(=O)OCC1c2ccccc2-c2ccccc21)C(=O)N(C)C1(C(=O)O)CC1. The van der Waals surface area contributed by atoms with Crippen LogP contribution in [0.1, 0.15) is 29.9 Å². The van der Waals surface area contributed by atoms with Crippen LogP contribution in [0.25, 0.3) is 11.1 Å². The number of likely N-dealkylation sites (N-methyl/N-ethyl adjacent to an activating group) is 1. The zero-order valence-corrected chi connectivity index (χ0v) is 18.0. The summed E-state index contributed by atoms with van der Waals surface area (Å²) < 4.78 is 10.6. The van der Waals surface area contributed by atoms with Gasteiger partial charge in [0, 0.05) is 20.1 Å². The predicted octanol–water partition coefficient (Wildman–Crippen LogP) is 2.62. The van der Waals surface area contributed by atoms with E-state index in [2.05, 4.69) is 5.32 Å². The van der Waals surface area contributed by atoms with E-state index in [1.165, 1.54) is 19.1 Å². The highest BCUT2D eigenvalue weighted by atomic mass is 16.5. The molecule has 0 aliphatic heterocycles. The minimum atomic E-state index is -1.20. The Bertz CT molecular complexity index is 1000. The van der Waals surface area contributed by atoms with Crippen molar-refractivity contribution in [1.29, 1.82) is 0 Å². The Morgan fingerprint density at radius 3 is 2.16 bits per heavy atom. The summed E-state index contributed by atoms with van der Waals surface area (Å²) in [6.45, 7) is 0.0196. The van der Waals surface area contributed by atoms with E-state index in [-0.39, 0.29) is 19.1 Å². The van der Waals surface area contributed by atoms with E-state index >= 15 is 0 Å². The van der Waals surface area contributed by atoms with Gasteiger partial charge in [0.25, 0.3) is 0 Å². The van der Waals surface area contributed by atoms with Crippen molar-refractivity contribution in [1.82, 2.24) is 10.2 Å². The number of rotatable bonds is 8. The molecule has 2 amide bonds. The van der Waals surface area contributed by atoms with Gasteiger partial charge in [0.15, 0.2) is 0 Å². The van der Waals surface area contributed by atoms with Gasteiger partial charge in [0.05, 0.1) is 6.61 Å². The number of nitrogens with zero attached hydrogens (tertiary/aromatic N) is 1. The van der Waals surface area contributed by atoms with Gasteiger partial charge in [0.2, 0.25) is 5.91 Å². The van der Waals surface area contributed by atoms with Gasteiger partial charge in [-0.1, -0.05) is 48.5 Å². The number of benzene rings is 2. The lowest BCUT2D eigenvalue weighted by Crippen LogP contribution is -2.55. The number of fused-ring (bicyclic) bond motifs is 3. The maximum absolute atomic E-state index is 12.9. The smallest absolute Gasteiger partial charge is 0.407 e. The molecule has 2 aliphatic rings. The molecular formula is C24H26N2O6. The summed E-state index contributed by atoms with van der Waals surface area (Å²) in [5, 5.41) is 12.0. The van der Waals surface area contributed by atoms with Crippen LogP contribution in [-0.4, -0.2) is 66.9 Å². The number of carboxylic acids is 1. The highest BCUT2D eigenvalue weighted by Gasteiger charge is 2.56. The third kappa shape index (κ3) is 3.82. The summed E-state index contributed by atoms with van der Waals surface area (Å²) in [5.41, 5.74) is 3.21. The number of carboxylic acid groups (broad SMARTS) is 1. The van der Waals surface area contributed by atoms with Crippen molar-refractivity contribution in [3.05, 3.63) is 59.7 Å². The number of nitrogens with one attached hydrogen (secondary N) is 1. The fraction of sp³-hybridized carbons (Fsp3) is 0.375. The van der Waals surface area contributed by atoms with Crippen LogP contribution in [0.2, 0.25) is 0 Å². The van der Waals surface area contributed by atoms with Crippen LogP contribution in [-0.2, 0) is 19.1 Å². The number of aliphatic carboxylic acids is 1. The van der Waals surface area contributed by atoms with Gasteiger partial charge >= 0.3 is 12.1 Å². The second-order valence-corrected chi connectivity index (χ2v) is 8.21. The molecule has 1 saturated carbocycles. The first-order valence-corrected chi connectivity index (χ1v) is 10.5. The van der Waals surface area contributed by atoms with Crippen molar-refractivity contribution in [3.63, 3.8) is 0 Å². The standard InChI is InChI=1S/C24H26N2O6/c1-26(24(11-12-24)22(28)29)21(27)20(14-31-2)25-23(30)32-13-19-17-9-5-3-7-15(17)16-8-4-6-10-18(16)19/h3-10,19-20H,11-14H2,1-2H3,(H,25,30)(H,28,29)/t20-/m0/s1. The largest absolute Gasteiger partial charge is 0.479 e. The van der Waals surface area contributed by atoms with Gasteiger partial charge in [-0.25, -0.2) is 9.59 Å². The van der Waals surface area contributed by atoms with Crippen molar-refractivity contribution in [2.45, 2.75) is 30.3 Å². The average Bonchev–Trinajstić information content (AvgIpc) is 3.55. The minimum absolute atomic E-state index is 0.0942. The molecule has 8 heteroatoms. The number of carbonyl (C=O) groups excluding carboxylic acids is 2. The average molecular weight is 438 g/mol. The maximum Gasteiger partial charge on any atom is 0.407 e. The van der Waals surface area contributed by atoms with Crippen LogP contribution in [0, 0.1) is 0 Å². The lowest BCUT2D eigenvalue weighted by atomic mass is 9.98. The number of ether oxygens (including phenoxy) is 2. The van der Waals surface area contributed by atoms with Crippen LogP contribution >= 0.6 is 0 Å². The minimum Gasteiger partial charge on any atom is -0.479 e. The molecule has 0 heterocycles. The lowest BCUT2D eigenvalue weighted by Gasteiger charge is -2.28. The van der Waals surface area contributed by atoms with E-state index in [4.69, 9.17) is 9.47 Å². The molecule has 0 saturated heterocycles. The number of hydrogen-bond donors (Lipinski definition) is 2. The van der Waals surface area contributed by atoms with Gasteiger partial charge < -0.3 is 24.8 Å². The monoisotopic (exact) mass is 438 g/mol. The molecule has 1 fully saturated rings. The van der Waals surface area contributed by atoms with Crippen LogP contribution in [0.5, 0.6) is 0 Å². The number of alkyl carbamates (subject to hydrolysis) is 1. The van der Waals surface area contributed by atoms with Crippen molar-refractivity contribution in [2.24, 2.45) is 0 Å². The molecule has 0 bridgehead atoms. The lowest BCUT2D eigenvalue weighted by molar-refractivity contribution is -0.152. The topological polar surface area (TPSA) is 105 Å². The molecule has 168 valence electrons. The van der Waals surface area contributed by atoms with Crippen LogP contribution in [0.4, 0.5) is 4.79 Å². The molecule has 8 nitrogen and oxygen atoms in total. The highest BCUT2D eigenvalue weighted by Crippen LogP contribution is 2.44. The van der Waals surface area contributed by atoms with Crippen molar-refractivity contribution in [3.8, 4) is 11.1 Å². The Morgan fingerprint density at radius 1 is 1.09 bits per heavy atom. The molecular weight excluding hydrogens is 412 g/mol. The molecule has 2 aromatic rings. The van der Waals surface area contributed by atoms with E-state index < -0.39 is 29.6 Å². The summed E-state index contributed by atoms with van der Waals surface area (Å²) in [6.07, 6.45) is 0.0144. The molecule has 0 unspecified atom stereocenters. The Morgan fingerprint density at radius 2 is 1.66 bits per heavy atom.